The molecule has 7 heteroatoms. The maximum Gasteiger partial charge on any atom is 0.188 e. The Hall–Kier alpha value is -2.22. The lowest BCUT2D eigenvalue weighted by atomic mass is 10.0. The van der Waals surface area contributed by atoms with Gasteiger partial charge in [0.05, 0.1) is 5.69 Å². The quantitative estimate of drug-likeness (QED) is 0.780. The molecule has 2 aromatic heterocycles. The molecule has 0 radical (unpaired) electrons. The van der Waals surface area contributed by atoms with Crippen LogP contribution in [0, 0.1) is 5.82 Å². The first-order valence-electron chi connectivity index (χ1n) is 8.21. The molecule has 0 spiro atoms. The van der Waals surface area contributed by atoms with E-state index in [1.807, 2.05) is 6.07 Å². The highest BCUT2D eigenvalue weighted by Crippen LogP contribution is 2.26. The molecule has 1 unspecified atom stereocenters. The predicted molar refractivity (Wildman–Crippen MR) is 95.6 cm³/mol. The normalized spacial score (nSPS) is 18.4. The zero-order chi connectivity index (χ0) is 17.1. The van der Waals surface area contributed by atoms with E-state index in [4.69, 9.17) is 0 Å². The summed E-state index contributed by atoms with van der Waals surface area (Å²) in [6.45, 7) is 3.36. The standard InChI is InChI=1S/C18H18FN5S/c19-14-4-1-3-13(9-14)16-10-20-7-8-24(16)11-15-12-25-18(23-15)17-21-5-2-6-22-17/h1-6,9,12,16,20H,7-8,10-11H2. The molecule has 0 saturated carbocycles. The van der Waals surface area contributed by atoms with Crippen LogP contribution in [0.25, 0.3) is 10.8 Å². The van der Waals surface area contributed by atoms with Crippen molar-refractivity contribution in [3.8, 4) is 10.8 Å². The van der Waals surface area contributed by atoms with Gasteiger partial charge in [-0.25, -0.2) is 19.3 Å². The van der Waals surface area contributed by atoms with Crippen molar-refractivity contribution in [2.45, 2.75) is 12.6 Å². The van der Waals surface area contributed by atoms with Crippen LogP contribution >= 0.6 is 11.3 Å². The van der Waals surface area contributed by atoms with Crippen molar-refractivity contribution in [1.82, 2.24) is 25.2 Å². The summed E-state index contributed by atoms with van der Waals surface area (Å²) < 4.78 is 13.6. The Morgan fingerprint density at radius 2 is 2.12 bits per heavy atom. The molecule has 25 heavy (non-hydrogen) atoms. The van der Waals surface area contributed by atoms with Gasteiger partial charge in [-0.1, -0.05) is 12.1 Å². The lowest BCUT2D eigenvalue weighted by molar-refractivity contribution is 0.152. The van der Waals surface area contributed by atoms with E-state index in [2.05, 4.69) is 30.5 Å². The molecule has 3 heterocycles. The summed E-state index contributed by atoms with van der Waals surface area (Å²) in [5.41, 5.74) is 1.99. The van der Waals surface area contributed by atoms with Gasteiger partial charge in [-0.15, -0.1) is 11.3 Å². The van der Waals surface area contributed by atoms with Crippen molar-refractivity contribution in [2.75, 3.05) is 19.6 Å². The van der Waals surface area contributed by atoms with Crippen LogP contribution in [0.5, 0.6) is 0 Å². The van der Waals surface area contributed by atoms with Crippen LogP contribution in [0.1, 0.15) is 17.3 Å². The second-order valence-corrected chi connectivity index (χ2v) is 6.82. The number of hydrogen-bond donors (Lipinski definition) is 1. The fourth-order valence-corrected chi connectivity index (χ4v) is 3.83. The molecule has 128 valence electrons. The van der Waals surface area contributed by atoms with Gasteiger partial charge in [0, 0.05) is 50.0 Å². The Balaban J connectivity index is 1.53. The van der Waals surface area contributed by atoms with Gasteiger partial charge >= 0.3 is 0 Å². The first kappa shape index (κ1) is 16.3. The summed E-state index contributed by atoms with van der Waals surface area (Å²) in [7, 11) is 0. The molecule has 0 aliphatic carbocycles. The van der Waals surface area contributed by atoms with E-state index in [1.165, 1.54) is 6.07 Å². The second kappa shape index (κ2) is 7.35. The summed E-state index contributed by atoms with van der Waals surface area (Å²) >= 11 is 1.55. The number of rotatable bonds is 4. The molecule has 1 N–H and O–H groups in total. The number of halogens is 1. The fraction of sp³-hybridized carbons (Fsp3) is 0.278. The average Bonchev–Trinajstić information content (AvgIpc) is 3.11. The van der Waals surface area contributed by atoms with E-state index in [1.54, 1.807) is 41.9 Å². The van der Waals surface area contributed by atoms with Crippen LogP contribution in [0.15, 0.2) is 48.1 Å². The number of nitrogens with one attached hydrogen (secondary N) is 1. The maximum absolute atomic E-state index is 13.6. The Labute approximate surface area is 149 Å². The van der Waals surface area contributed by atoms with Crippen LogP contribution in [-0.4, -0.2) is 39.5 Å². The number of benzene rings is 1. The third-order valence-electron chi connectivity index (χ3n) is 4.26. The zero-order valence-electron chi connectivity index (χ0n) is 13.6. The van der Waals surface area contributed by atoms with Crippen LogP contribution in [0.4, 0.5) is 4.39 Å². The highest BCUT2D eigenvalue weighted by molar-refractivity contribution is 7.13. The molecule has 1 saturated heterocycles. The monoisotopic (exact) mass is 355 g/mol. The third kappa shape index (κ3) is 3.73. The Morgan fingerprint density at radius 3 is 2.96 bits per heavy atom. The van der Waals surface area contributed by atoms with Crippen LogP contribution < -0.4 is 5.32 Å². The predicted octanol–water partition coefficient (Wildman–Crippen LogP) is 2.89. The summed E-state index contributed by atoms with van der Waals surface area (Å²) in [5.74, 6) is 0.459. The van der Waals surface area contributed by atoms with Crippen LogP contribution in [0.2, 0.25) is 0 Å². The summed E-state index contributed by atoms with van der Waals surface area (Å²) in [6, 6.07) is 8.79. The van der Waals surface area contributed by atoms with Crippen molar-refractivity contribution in [1.29, 1.82) is 0 Å². The molecule has 5 nitrogen and oxygen atoms in total. The third-order valence-corrected chi connectivity index (χ3v) is 5.15. The number of piperazine rings is 1. The van der Waals surface area contributed by atoms with E-state index in [9.17, 15) is 4.39 Å². The fourth-order valence-electron chi connectivity index (χ4n) is 3.08. The highest BCUT2D eigenvalue weighted by atomic mass is 32.1. The first-order chi connectivity index (χ1) is 12.3. The number of thiazole rings is 1. The Morgan fingerprint density at radius 1 is 1.24 bits per heavy atom. The van der Waals surface area contributed by atoms with E-state index in [-0.39, 0.29) is 11.9 Å². The molecule has 1 atom stereocenters. The van der Waals surface area contributed by atoms with Gasteiger partial charge in [-0.2, -0.15) is 0 Å². The molecular formula is C18H18FN5S. The summed E-state index contributed by atoms with van der Waals surface area (Å²) in [5, 5.41) is 6.28. The van der Waals surface area contributed by atoms with Gasteiger partial charge in [0.1, 0.15) is 5.82 Å². The van der Waals surface area contributed by atoms with E-state index in [0.29, 0.717) is 5.82 Å². The van der Waals surface area contributed by atoms with Crippen molar-refractivity contribution < 1.29 is 4.39 Å². The topological polar surface area (TPSA) is 53.9 Å². The van der Waals surface area contributed by atoms with Crippen molar-refractivity contribution in [3.05, 3.63) is 65.2 Å². The van der Waals surface area contributed by atoms with Crippen LogP contribution in [0.3, 0.4) is 0 Å². The zero-order valence-corrected chi connectivity index (χ0v) is 14.4. The Bertz CT molecular complexity index is 838. The maximum atomic E-state index is 13.6. The molecule has 0 bridgehead atoms. The first-order valence-corrected chi connectivity index (χ1v) is 9.09. The number of hydrogen-bond acceptors (Lipinski definition) is 6. The Kier molecular flexibility index (Phi) is 4.78. The van der Waals surface area contributed by atoms with Crippen molar-refractivity contribution in [2.24, 2.45) is 0 Å². The molecular weight excluding hydrogens is 337 g/mol. The minimum Gasteiger partial charge on any atom is -0.314 e. The number of nitrogens with zero attached hydrogens (tertiary/aromatic N) is 4. The minimum atomic E-state index is -0.194. The lowest BCUT2D eigenvalue weighted by Gasteiger charge is -2.36. The molecule has 4 rings (SSSR count). The molecule has 1 aromatic carbocycles. The summed E-state index contributed by atoms with van der Waals surface area (Å²) in [4.78, 5) is 15.5. The van der Waals surface area contributed by atoms with Gasteiger partial charge in [0.2, 0.25) is 0 Å². The van der Waals surface area contributed by atoms with Gasteiger partial charge in [-0.3, -0.25) is 4.90 Å². The van der Waals surface area contributed by atoms with Gasteiger partial charge in [-0.05, 0) is 23.8 Å². The average molecular weight is 355 g/mol. The second-order valence-electron chi connectivity index (χ2n) is 5.96. The largest absolute Gasteiger partial charge is 0.314 e. The summed E-state index contributed by atoms with van der Waals surface area (Å²) in [6.07, 6.45) is 3.44. The van der Waals surface area contributed by atoms with E-state index in [0.717, 1.165) is 42.4 Å². The molecule has 0 amide bonds. The van der Waals surface area contributed by atoms with Crippen molar-refractivity contribution >= 4 is 11.3 Å². The molecule has 1 aliphatic heterocycles. The molecule has 3 aromatic rings. The van der Waals surface area contributed by atoms with E-state index < -0.39 is 0 Å². The minimum absolute atomic E-state index is 0.141. The van der Waals surface area contributed by atoms with E-state index >= 15 is 0 Å². The lowest BCUT2D eigenvalue weighted by Crippen LogP contribution is -2.45. The van der Waals surface area contributed by atoms with Gasteiger partial charge in [0.15, 0.2) is 10.8 Å². The van der Waals surface area contributed by atoms with Gasteiger partial charge < -0.3 is 5.32 Å². The SMILES string of the molecule is Fc1cccc(C2CNCCN2Cc2csc(-c3ncccn3)n2)c1. The molecule has 1 aliphatic rings. The smallest absolute Gasteiger partial charge is 0.188 e. The van der Waals surface area contributed by atoms with Crippen molar-refractivity contribution in [3.63, 3.8) is 0 Å². The molecule has 1 fully saturated rings. The van der Waals surface area contributed by atoms with Crippen LogP contribution in [-0.2, 0) is 6.54 Å². The highest BCUT2D eigenvalue weighted by Gasteiger charge is 2.25. The number of aromatic nitrogens is 3. The van der Waals surface area contributed by atoms with Gasteiger partial charge in [0.25, 0.3) is 0 Å².